The number of carbonyl (C=O) groups is 1. The van der Waals surface area contributed by atoms with Crippen LogP contribution in [-0.4, -0.2) is 76.4 Å². The van der Waals surface area contributed by atoms with Crippen molar-refractivity contribution in [2.45, 2.75) is 32.6 Å². The number of ether oxygens (including phenoxy) is 1. The molecule has 0 unspecified atom stereocenters. The van der Waals surface area contributed by atoms with E-state index in [2.05, 4.69) is 15.0 Å². The molecule has 0 aliphatic carbocycles. The van der Waals surface area contributed by atoms with E-state index >= 15 is 0 Å². The molecule has 168 valence electrons. The van der Waals surface area contributed by atoms with Crippen molar-refractivity contribution in [3.05, 3.63) is 39.9 Å². The zero-order valence-electron chi connectivity index (χ0n) is 17.9. The number of para-hydroxylation sites is 1. The predicted octanol–water partition coefficient (Wildman–Crippen LogP) is 3.71. The summed E-state index contributed by atoms with van der Waals surface area (Å²) in [7, 11) is 0. The summed E-state index contributed by atoms with van der Waals surface area (Å²) in [4.78, 5) is 21.9. The Bertz CT molecular complexity index is 885. The average Bonchev–Trinajstić information content (AvgIpc) is 3.22. The van der Waals surface area contributed by atoms with Gasteiger partial charge in [-0.25, -0.2) is 9.67 Å². The van der Waals surface area contributed by atoms with Gasteiger partial charge in [0.1, 0.15) is 11.5 Å². The highest BCUT2D eigenvalue weighted by atomic mass is 35.5. The van der Waals surface area contributed by atoms with Crippen molar-refractivity contribution in [1.29, 1.82) is 0 Å². The van der Waals surface area contributed by atoms with Crippen LogP contribution in [0.1, 0.15) is 42.6 Å². The second kappa shape index (κ2) is 10.3. The zero-order chi connectivity index (χ0) is 21.8. The third-order valence-electron chi connectivity index (χ3n) is 6.19. The van der Waals surface area contributed by atoms with Crippen LogP contribution >= 0.6 is 23.2 Å². The molecule has 0 bridgehead atoms. The maximum Gasteiger partial charge on any atom is 0.293 e. The molecule has 0 N–H and O–H groups in total. The SMILES string of the molecule is CCc1nc(C(=O)N2CCC(CCN3CCOCC3)CC2)nn1-c1c(Cl)cccc1Cl. The fraction of sp³-hybridized carbons (Fsp3) is 0.591. The minimum atomic E-state index is -0.122. The number of amides is 1. The van der Waals surface area contributed by atoms with Crippen molar-refractivity contribution >= 4 is 29.1 Å². The van der Waals surface area contributed by atoms with Crippen molar-refractivity contribution in [1.82, 2.24) is 24.6 Å². The number of halogens is 2. The lowest BCUT2D eigenvalue weighted by Gasteiger charge is -2.33. The second-order valence-electron chi connectivity index (χ2n) is 8.17. The van der Waals surface area contributed by atoms with Gasteiger partial charge < -0.3 is 9.64 Å². The van der Waals surface area contributed by atoms with Gasteiger partial charge in [-0.05, 0) is 43.9 Å². The lowest BCUT2D eigenvalue weighted by Crippen LogP contribution is -2.41. The molecule has 2 saturated heterocycles. The molecular formula is C22H29Cl2N5O2. The molecule has 0 atom stereocenters. The van der Waals surface area contributed by atoms with E-state index in [-0.39, 0.29) is 11.7 Å². The Balaban J connectivity index is 1.38. The van der Waals surface area contributed by atoms with Gasteiger partial charge in [0.25, 0.3) is 5.91 Å². The number of nitrogens with zero attached hydrogens (tertiary/aromatic N) is 5. The molecule has 7 nitrogen and oxygen atoms in total. The van der Waals surface area contributed by atoms with Crippen LogP contribution in [0.25, 0.3) is 5.69 Å². The van der Waals surface area contributed by atoms with Crippen molar-refractivity contribution in [2.24, 2.45) is 5.92 Å². The van der Waals surface area contributed by atoms with Crippen LogP contribution in [0.4, 0.5) is 0 Å². The molecule has 3 heterocycles. The number of aromatic nitrogens is 3. The largest absolute Gasteiger partial charge is 0.379 e. The fourth-order valence-corrected chi connectivity index (χ4v) is 4.85. The third kappa shape index (κ3) is 5.22. The normalized spacial score (nSPS) is 18.5. The first-order valence-electron chi connectivity index (χ1n) is 11.1. The molecule has 2 fully saturated rings. The predicted molar refractivity (Wildman–Crippen MR) is 121 cm³/mol. The van der Waals surface area contributed by atoms with Gasteiger partial charge in [0.2, 0.25) is 5.82 Å². The number of hydrogen-bond acceptors (Lipinski definition) is 5. The number of aryl methyl sites for hydroxylation is 1. The number of carbonyl (C=O) groups excluding carboxylic acids is 1. The topological polar surface area (TPSA) is 63.5 Å². The third-order valence-corrected chi connectivity index (χ3v) is 6.80. The molecule has 2 aliphatic heterocycles. The number of benzene rings is 1. The minimum absolute atomic E-state index is 0.122. The van der Waals surface area contributed by atoms with Gasteiger partial charge in [-0.2, -0.15) is 0 Å². The molecular weight excluding hydrogens is 437 g/mol. The van der Waals surface area contributed by atoms with Crippen LogP contribution in [0.5, 0.6) is 0 Å². The van der Waals surface area contributed by atoms with Crippen LogP contribution in [0.3, 0.4) is 0 Å². The summed E-state index contributed by atoms with van der Waals surface area (Å²) >= 11 is 12.7. The number of hydrogen-bond donors (Lipinski definition) is 0. The smallest absolute Gasteiger partial charge is 0.293 e. The van der Waals surface area contributed by atoms with Gasteiger partial charge in [0, 0.05) is 32.6 Å². The van der Waals surface area contributed by atoms with E-state index in [1.54, 1.807) is 22.9 Å². The van der Waals surface area contributed by atoms with Crippen LogP contribution < -0.4 is 0 Å². The Morgan fingerprint density at radius 1 is 1.13 bits per heavy atom. The molecule has 1 amide bonds. The Morgan fingerprint density at radius 3 is 2.45 bits per heavy atom. The Morgan fingerprint density at radius 2 is 1.81 bits per heavy atom. The summed E-state index contributed by atoms with van der Waals surface area (Å²) in [6.07, 6.45) is 3.84. The molecule has 2 aromatic rings. The molecule has 9 heteroatoms. The highest BCUT2D eigenvalue weighted by molar-refractivity contribution is 6.37. The summed E-state index contributed by atoms with van der Waals surface area (Å²) < 4.78 is 7.02. The first kappa shape index (κ1) is 22.5. The summed E-state index contributed by atoms with van der Waals surface area (Å²) in [6.45, 7) is 8.32. The van der Waals surface area contributed by atoms with E-state index in [0.717, 1.165) is 58.8 Å². The first-order chi connectivity index (χ1) is 15.1. The van der Waals surface area contributed by atoms with E-state index in [1.165, 1.54) is 6.42 Å². The molecule has 31 heavy (non-hydrogen) atoms. The zero-order valence-corrected chi connectivity index (χ0v) is 19.4. The number of rotatable bonds is 6. The van der Waals surface area contributed by atoms with E-state index in [0.29, 0.717) is 33.9 Å². The van der Waals surface area contributed by atoms with Crippen LogP contribution in [0, 0.1) is 5.92 Å². The Kier molecular flexibility index (Phi) is 7.48. The number of likely N-dealkylation sites (tertiary alicyclic amines) is 1. The van der Waals surface area contributed by atoms with Crippen molar-refractivity contribution in [3.8, 4) is 5.69 Å². The molecule has 1 aromatic carbocycles. The standard InChI is InChI=1S/C22H29Cl2N5O2/c1-2-19-25-21(26-29(19)20-17(23)4-3-5-18(20)24)22(30)28-10-7-16(8-11-28)6-9-27-12-14-31-15-13-27/h3-5,16H,2,6-15H2,1H3. The monoisotopic (exact) mass is 465 g/mol. The van der Waals surface area contributed by atoms with Crippen LogP contribution in [0.15, 0.2) is 18.2 Å². The van der Waals surface area contributed by atoms with Crippen LogP contribution in [-0.2, 0) is 11.2 Å². The average molecular weight is 466 g/mol. The highest BCUT2D eigenvalue weighted by Gasteiger charge is 2.28. The van der Waals surface area contributed by atoms with Gasteiger partial charge >= 0.3 is 0 Å². The van der Waals surface area contributed by atoms with Gasteiger partial charge in [-0.3, -0.25) is 9.69 Å². The van der Waals surface area contributed by atoms with Crippen molar-refractivity contribution in [2.75, 3.05) is 45.9 Å². The summed E-state index contributed by atoms with van der Waals surface area (Å²) in [5.41, 5.74) is 0.566. The maximum atomic E-state index is 13.1. The first-order valence-corrected chi connectivity index (χ1v) is 11.8. The maximum absolute atomic E-state index is 13.1. The number of piperidine rings is 1. The van der Waals surface area contributed by atoms with Gasteiger partial charge in [0.15, 0.2) is 0 Å². The minimum Gasteiger partial charge on any atom is -0.379 e. The van der Waals surface area contributed by atoms with E-state index in [1.807, 2.05) is 11.8 Å². The molecule has 0 spiro atoms. The lowest BCUT2D eigenvalue weighted by molar-refractivity contribution is 0.0331. The summed E-state index contributed by atoms with van der Waals surface area (Å²) in [6, 6.07) is 5.30. The molecule has 0 saturated carbocycles. The van der Waals surface area contributed by atoms with Crippen molar-refractivity contribution in [3.63, 3.8) is 0 Å². The van der Waals surface area contributed by atoms with Gasteiger partial charge in [0.05, 0.1) is 23.3 Å². The fourth-order valence-electron chi connectivity index (χ4n) is 4.29. The second-order valence-corrected chi connectivity index (χ2v) is 8.98. The molecule has 1 aromatic heterocycles. The molecule has 0 radical (unpaired) electrons. The number of morpholine rings is 1. The lowest BCUT2D eigenvalue weighted by atomic mass is 9.93. The van der Waals surface area contributed by atoms with Gasteiger partial charge in [-0.15, -0.1) is 5.10 Å². The summed E-state index contributed by atoms with van der Waals surface area (Å²) in [5, 5.41) is 5.45. The quantitative estimate of drug-likeness (QED) is 0.650. The molecule has 2 aliphatic rings. The van der Waals surface area contributed by atoms with Crippen molar-refractivity contribution < 1.29 is 9.53 Å². The summed E-state index contributed by atoms with van der Waals surface area (Å²) in [5.74, 6) is 1.41. The van der Waals surface area contributed by atoms with Crippen LogP contribution in [0.2, 0.25) is 10.0 Å². The Hall–Kier alpha value is -1.67. The van der Waals surface area contributed by atoms with Gasteiger partial charge in [-0.1, -0.05) is 36.2 Å². The van der Waals surface area contributed by atoms with E-state index in [9.17, 15) is 4.79 Å². The van der Waals surface area contributed by atoms with E-state index < -0.39 is 0 Å². The Labute approximate surface area is 193 Å². The molecule has 4 rings (SSSR count). The van der Waals surface area contributed by atoms with E-state index in [4.69, 9.17) is 27.9 Å². The highest BCUT2D eigenvalue weighted by Crippen LogP contribution is 2.29.